The zero-order chi connectivity index (χ0) is 18.9. The highest BCUT2D eigenvalue weighted by molar-refractivity contribution is 6.58. The summed E-state index contributed by atoms with van der Waals surface area (Å²) in [4.78, 5) is 0. The lowest BCUT2D eigenvalue weighted by atomic mass is 10.2. The Kier molecular flexibility index (Phi) is 8.56. The molecule has 0 aliphatic heterocycles. The monoisotopic (exact) mass is 358 g/mol. The van der Waals surface area contributed by atoms with E-state index in [1.807, 2.05) is 36.4 Å². The molecule has 0 amide bonds. The second-order valence-corrected chi connectivity index (χ2v) is 13.1. The van der Waals surface area contributed by atoms with Gasteiger partial charge in [0.05, 0.1) is 13.2 Å². The van der Waals surface area contributed by atoms with Crippen molar-refractivity contribution in [1.82, 2.24) is 0 Å². The van der Waals surface area contributed by atoms with Crippen molar-refractivity contribution in [2.75, 3.05) is 0 Å². The van der Waals surface area contributed by atoms with Gasteiger partial charge in [-0.1, -0.05) is 102 Å². The Morgan fingerprint density at radius 2 is 1.12 bits per heavy atom. The van der Waals surface area contributed by atoms with Crippen LogP contribution in [0.25, 0.3) is 0 Å². The summed E-state index contributed by atoms with van der Waals surface area (Å²) in [5, 5.41) is 9.13. The van der Waals surface area contributed by atoms with Crippen LogP contribution in [0.2, 0.25) is 10.1 Å². The fraction of sp³-hybridized carbons (Fsp3) is 0.455. The highest BCUT2D eigenvalue weighted by Gasteiger charge is 2.38. The van der Waals surface area contributed by atoms with Gasteiger partial charge in [0.1, 0.15) is 0 Å². The van der Waals surface area contributed by atoms with Gasteiger partial charge in [-0.05, 0) is 21.2 Å². The predicted octanol–water partition coefficient (Wildman–Crippen LogP) is 5.71. The first-order valence-corrected chi connectivity index (χ1v) is 10.6. The minimum atomic E-state index is -1.28. The van der Waals surface area contributed by atoms with Gasteiger partial charge in [-0.2, -0.15) is 0 Å². The molecular formula is C22H34O2Si. The summed E-state index contributed by atoms with van der Waals surface area (Å²) in [5.74, 6) is 0. The number of aliphatic hydroxyl groups excluding tert-OH is 1. The molecular weight excluding hydrogens is 324 g/mol. The zero-order valence-corrected chi connectivity index (χ0v) is 17.8. The molecule has 1 N–H and O–H groups in total. The summed E-state index contributed by atoms with van der Waals surface area (Å²) in [5.41, 5.74) is 2.24. The molecule has 2 rings (SSSR count). The smallest absolute Gasteiger partial charge is 0.188 e. The van der Waals surface area contributed by atoms with E-state index in [4.69, 9.17) is 9.53 Å². The Hall–Kier alpha value is -1.42. The second kappa shape index (κ2) is 9.90. The van der Waals surface area contributed by atoms with Crippen molar-refractivity contribution in [3.63, 3.8) is 0 Å². The molecule has 0 atom stereocenters. The first-order chi connectivity index (χ1) is 11.6. The van der Waals surface area contributed by atoms with E-state index in [0.29, 0.717) is 10.1 Å². The van der Waals surface area contributed by atoms with Crippen LogP contribution in [0.1, 0.15) is 52.7 Å². The van der Waals surface area contributed by atoms with Crippen molar-refractivity contribution in [2.45, 2.75) is 64.8 Å². The van der Waals surface area contributed by atoms with E-state index in [2.05, 4.69) is 65.8 Å². The molecule has 0 unspecified atom stereocenters. The van der Waals surface area contributed by atoms with Crippen LogP contribution in [0.4, 0.5) is 0 Å². The molecule has 2 nitrogen and oxygen atoms in total. The van der Waals surface area contributed by atoms with Gasteiger partial charge in [-0.15, -0.1) is 0 Å². The number of aliphatic hydroxyl groups is 1. The van der Waals surface area contributed by atoms with Crippen LogP contribution >= 0.6 is 0 Å². The summed E-state index contributed by atoms with van der Waals surface area (Å²) in [6.45, 7) is 14.7. The Labute approximate surface area is 155 Å². The Morgan fingerprint density at radius 3 is 1.44 bits per heavy atom. The molecule has 25 heavy (non-hydrogen) atoms. The molecule has 2 aromatic carbocycles. The van der Waals surface area contributed by atoms with Crippen LogP contribution in [0.3, 0.4) is 0 Å². The standard InChI is InChI=1S/C15H26OSi.C7H8O/c1-14(2,3)17(15(4,5)6)16-12-13-10-8-7-9-11-13;8-6-7-4-2-1-3-5-7/h7-11,17H,12H2,1-6H3;1-5,8H,6H2. The van der Waals surface area contributed by atoms with E-state index in [0.717, 1.165) is 12.2 Å². The van der Waals surface area contributed by atoms with Crippen LogP contribution < -0.4 is 0 Å². The SMILES string of the molecule is CC(C)(C)[SiH](OCc1ccccc1)C(C)(C)C.OCc1ccccc1. The van der Waals surface area contributed by atoms with Gasteiger partial charge in [0.2, 0.25) is 0 Å². The molecule has 0 saturated heterocycles. The van der Waals surface area contributed by atoms with Crippen LogP contribution in [0, 0.1) is 0 Å². The zero-order valence-electron chi connectivity index (χ0n) is 16.6. The summed E-state index contributed by atoms with van der Waals surface area (Å²) in [6.07, 6.45) is 0. The summed E-state index contributed by atoms with van der Waals surface area (Å²) >= 11 is 0. The Bertz CT molecular complexity index is 569. The quantitative estimate of drug-likeness (QED) is 0.710. The van der Waals surface area contributed by atoms with Gasteiger partial charge in [0.25, 0.3) is 0 Å². The Balaban J connectivity index is 0.000000324. The molecule has 0 aliphatic carbocycles. The molecule has 0 spiro atoms. The summed E-state index contributed by atoms with van der Waals surface area (Å²) in [7, 11) is -1.28. The second-order valence-electron chi connectivity index (χ2n) is 8.55. The summed E-state index contributed by atoms with van der Waals surface area (Å²) in [6, 6.07) is 20.0. The van der Waals surface area contributed by atoms with E-state index < -0.39 is 9.04 Å². The molecule has 0 saturated carbocycles. The molecule has 2 aromatic rings. The third-order valence-corrected chi connectivity index (χ3v) is 7.50. The van der Waals surface area contributed by atoms with E-state index in [1.165, 1.54) is 5.56 Å². The largest absolute Gasteiger partial charge is 0.415 e. The maximum Gasteiger partial charge on any atom is 0.188 e. The van der Waals surface area contributed by atoms with E-state index in [9.17, 15) is 0 Å². The van der Waals surface area contributed by atoms with E-state index >= 15 is 0 Å². The van der Waals surface area contributed by atoms with Crippen molar-refractivity contribution in [1.29, 1.82) is 0 Å². The molecule has 0 aromatic heterocycles. The van der Waals surface area contributed by atoms with Crippen molar-refractivity contribution >= 4 is 9.04 Å². The van der Waals surface area contributed by atoms with Gasteiger partial charge in [-0.25, -0.2) is 0 Å². The maximum absolute atomic E-state index is 8.54. The molecule has 3 heteroatoms. The van der Waals surface area contributed by atoms with Crippen molar-refractivity contribution in [3.05, 3.63) is 71.8 Å². The third kappa shape index (κ3) is 8.48. The fourth-order valence-electron chi connectivity index (χ4n) is 3.14. The molecule has 0 radical (unpaired) electrons. The number of hydrogen-bond donors (Lipinski definition) is 1. The first-order valence-electron chi connectivity index (χ1n) is 8.95. The maximum atomic E-state index is 8.54. The van der Waals surface area contributed by atoms with Gasteiger partial charge < -0.3 is 9.53 Å². The topological polar surface area (TPSA) is 29.5 Å². The highest BCUT2D eigenvalue weighted by Crippen LogP contribution is 2.42. The van der Waals surface area contributed by atoms with Gasteiger partial charge in [0.15, 0.2) is 9.04 Å². The fourth-order valence-corrected chi connectivity index (χ4v) is 7.09. The van der Waals surface area contributed by atoms with Gasteiger partial charge >= 0.3 is 0 Å². The lowest BCUT2D eigenvalue weighted by Gasteiger charge is -2.38. The van der Waals surface area contributed by atoms with Crippen LogP contribution in [0.5, 0.6) is 0 Å². The average Bonchev–Trinajstić information content (AvgIpc) is 2.55. The summed E-state index contributed by atoms with van der Waals surface area (Å²) < 4.78 is 6.30. The van der Waals surface area contributed by atoms with Crippen molar-refractivity contribution in [2.24, 2.45) is 0 Å². The molecule has 0 bridgehead atoms. The predicted molar refractivity (Wildman–Crippen MR) is 110 cm³/mol. The number of hydrogen-bond acceptors (Lipinski definition) is 2. The van der Waals surface area contributed by atoms with Gasteiger partial charge in [-0.3, -0.25) is 0 Å². The van der Waals surface area contributed by atoms with Crippen molar-refractivity contribution in [3.8, 4) is 0 Å². The van der Waals surface area contributed by atoms with Crippen LogP contribution in [0.15, 0.2) is 60.7 Å². The lowest BCUT2D eigenvalue weighted by Crippen LogP contribution is -2.38. The molecule has 138 valence electrons. The highest BCUT2D eigenvalue weighted by atomic mass is 28.3. The third-order valence-electron chi connectivity index (χ3n) is 3.86. The first kappa shape index (κ1) is 21.6. The van der Waals surface area contributed by atoms with E-state index in [-0.39, 0.29) is 6.61 Å². The minimum Gasteiger partial charge on any atom is -0.415 e. The van der Waals surface area contributed by atoms with Crippen LogP contribution in [-0.4, -0.2) is 14.1 Å². The average molecular weight is 359 g/mol. The molecule has 0 heterocycles. The lowest BCUT2D eigenvalue weighted by molar-refractivity contribution is 0.271. The number of benzene rings is 2. The van der Waals surface area contributed by atoms with E-state index in [1.54, 1.807) is 0 Å². The Morgan fingerprint density at radius 1 is 0.720 bits per heavy atom. The van der Waals surface area contributed by atoms with Gasteiger partial charge in [0, 0.05) is 0 Å². The van der Waals surface area contributed by atoms with Crippen molar-refractivity contribution < 1.29 is 9.53 Å². The molecule has 0 fully saturated rings. The minimum absolute atomic E-state index is 0.140. The van der Waals surface area contributed by atoms with Crippen LogP contribution in [-0.2, 0) is 17.6 Å². The normalized spacial score (nSPS) is 11.8. The number of rotatable bonds is 4. The molecule has 0 aliphatic rings.